The maximum atomic E-state index is 11.8. The van der Waals surface area contributed by atoms with Crippen LogP contribution in [0, 0.1) is 0 Å². The Bertz CT molecular complexity index is 468. The molecule has 5 heteroatoms. The average Bonchev–Trinajstić information content (AvgIpc) is 2.40. The molecule has 0 aromatic carbocycles. The molecule has 1 saturated heterocycles. The molecule has 1 unspecified atom stereocenters. The molecule has 0 bridgehead atoms. The Morgan fingerprint density at radius 3 is 2.70 bits per heavy atom. The lowest BCUT2D eigenvalue weighted by Crippen LogP contribution is -2.51. The van der Waals surface area contributed by atoms with Crippen molar-refractivity contribution in [2.45, 2.75) is 25.8 Å². The summed E-state index contributed by atoms with van der Waals surface area (Å²) < 4.78 is 0. The van der Waals surface area contributed by atoms with E-state index in [0.29, 0.717) is 25.0 Å². The second-order valence-corrected chi connectivity index (χ2v) is 4.68. The number of imide groups is 1. The van der Waals surface area contributed by atoms with Gasteiger partial charge in [-0.25, -0.2) is 0 Å². The topological polar surface area (TPSA) is 66.5 Å². The summed E-state index contributed by atoms with van der Waals surface area (Å²) in [5.41, 5.74) is 1.30. The molecule has 2 amide bonds. The summed E-state index contributed by atoms with van der Waals surface area (Å²) >= 11 is 0. The molecular weight excluding hydrogens is 256 g/mol. The molecule has 1 aliphatic heterocycles. The Morgan fingerprint density at radius 2 is 2.20 bits per heavy atom. The fourth-order valence-electron chi connectivity index (χ4n) is 2.18. The molecule has 0 radical (unpaired) electrons. The van der Waals surface area contributed by atoms with Gasteiger partial charge in [0.15, 0.2) is 0 Å². The smallest absolute Gasteiger partial charge is 0.243 e. The molecule has 0 aromatic rings. The number of carbonyl (C=O) groups excluding carboxylic acids is 3. The first-order chi connectivity index (χ1) is 9.53. The number of piperidine rings is 1. The first-order valence-electron chi connectivity index (χ1n) is 6.50. The monoisotopic (exact) mass is 276 g/mol. The van der Waals surface area contributed by atoms with Crippen LogP contribution in [0.5, 0.6) is 0 Å². The molecule has 0 aromatic heterocycles. The van der Waals surface area contributed by atoms with Crippen LogP contribution < -0.4 is 5.32 Å². The maximum absolute atomic E-state index is 11.8. The third-order valence-electron chi connectivity index (χ3n) is 3.25. The Balaban J connectivity index is 2.86. The van der Waals surface area contributed by atoms with Gasteiger partial charge in [0.1, 0.15) is 6.29 Å². The summed E-state index contributed by atoms with van der Waals surface area (Å²) in [5.74, 6) is -0.515. The summed E-state index contributed by atoms with van der Waals surface area (Å²) in [5, 5.41) is 2.33. The van der Waals surface area contributed by atoms with Crippen molar-refractivity contribution < 1.29 is 14.4 Å². The highest BCUT2D eigenvalue weighted by Gasteiger charge is 2.29. The van der Waals surface area contributed by atoms with Crippen LogP contribution in [-0.4, -0.2) is 42.6 Å². The van der Waals surface area contributed by atoms with Crippen molar-refractivity contribution >= 4 is 18.1 Å². The van der Waals surface area contributed by atoms with Gasteiger partial charge in [-0.15, -0.1) is 0 Å². The first-order valence-corrected chi connectivity index (χ1v) is 6.50. The van der Waals surface area contributed by atoms with Crippen molar-refractivity contribution in [3.05, 3.63) is 36.0 Å². The Kier molecular flexibility index (Phi) is 6.06. The number of rotatable bonds is 6. The Labute approximate surface area is 119 Å². The van der Waals surface area contributed by atoms with Crippen LogP contribution in [0.1, 0.15) is 19.8 Å². The quantitative estimate of drug-likeness (QED) is 0.340. The van der Waals surface area contributed by atoms with Crippen LogP contribution >= 0.6 is 0 Å². The number of carbonyl (C=O) groups is 3. The predicted octanol–water partition coefficient (Wildman–Crippen LogP) is 0.981. The van der Waals surface area contributed by atoms with E-state index in [0.717, 1.165) is 11.9 Å². The van der Waals surface area contributed by atoms with Crippen molar-refractivity contribution in [3.63, 3.8) is 0 Å². The fraction of sp³-hybridized carbons (Fsp3) is 0.400. The van der Waals surface area contributed by atoms with E-state index in [4.69, 9.17) is 0 Å². The van der Waals surface area contributed by atoms with Gasteiger partial charge in [-0.05, 0) is 26.0 Å². The van der Waals surface area contributed by atoms with Crippen molar-refractivity contribution in [1.29, 1.82) is 0 Å². The lowest BCUT2D eigenvalue weighted by molar-refractivity contribution is -0.137. The molecule has 20 heavy (non-hydrogen) atoms. The summed E-state index contributed by atoms with van der Waals surface area (Å²) in [6, 6.07) is -0.356. The summed E-state index contributed by atoms with van der Waals surface area (Å²) in [6.45, 7) is 5.91. The molecule has 1 fully saturated rings. The van der Waals surface area contributed by atoms with Gasteiger partial charge >= 0.3 is 0 Å². The molecule has 1 heterocycles. The molecular formula is C15H20N2O3. The lowest BCUT2D eigenvalue weighted by atomic mass is 10.0. The van der Waals surface area contributed by atoms with Gasteiger partial charge in [0.25, 0.3) is 0 Å². The Hall–Kier alpha value is -2.01. The van der Waals surface area contributed by atoms with E-state index in [-0.39, 0.29) is 17.9 Å². The third-order valence-corrected chi connectivity index (χ3v) is 3.25. The van der Waals surface area contributed by atoms with Crippen molar-refractivity contribution in [3.8, 4) is 0 Å². The number of hydrogen-bond donors (Lipinski definition) is 1. The molecule has 5 nitrogen and oxygen atoms in total. The second-order valence-electron chi connectivity index (χ2n) is 4.68. The van der Waals surface area contributed by atoms with E-state index in [1.54, 1.807) is 7.05 Å². The largest absolute Gasteiger partial charge is 0.298 e. The first kappa shape index (κ1) is 16.0. The highest BCUT2D eigenvalue weighted by molar-refractivity contribution is 6.00. The standard InChI is InChI=1S/C15H20N2O3/c1-4-6-12(11(5-2)10-18)9-17(3)13-7-8-14(19)16-15(13)20/h4-6,10,13H,2,7-9H2,1,3H3,(H,16,19,20)/b6-4-,12-11-. The average molecular weight is 276 g/mol. The zero-order valence-electron chi connectivity index (χ0n) is 11.9. The number of amides is 2. The summed E-state index contributed by atoms with van der Waals surface area (Å²) in [7, 11) is 1.80. The van der Waals surface area contributed by atoms with Gasteiger partial charge in [-0.3, -0.25) is 24.6 Å². The van der Waals surface area contributed by atoms with Crippen LogP contribution in [0.25, 0.3) is 0 Å². The van der Waals surface area contributed by atoms with Crippen molar-refractivity contribution in [2.24, 2.45) is 0 Å². The van der Waals surface area contributed by atoms with Crippen LogP contribution in [0.2, 0.25) is 0 Å². The second kappa shape index (κ2) is 7.55. The lowest BCUT2D eigenvalue weighted by Gasteiger charge is -2.30. The normalized spacial score (nSPS) is 20.9. The third kappa shape index (κ3) is 3.99. The van der Waals surface area contributed by atoms with Crippen LogP contribution in [-0.2, 0) is 14.4 Å². The fourth-order valence-corrected chi connectivity index (χ4v) is 2.18. The number of allylic oxidation sites excluding steroid dienone is 3. The van der Waals surface area contributed by atoms with Gasteiger partial charge < -0.3 is 0 Å². The van der Waals surface area contributed by atoms with Gasteiger partial charge in [-0.1, -0.05) is 24.8 Å². The van der Waals surface area contributed by atoms with Crippen LogP contribution in [0.4, 0.5) is 0 Å². The van der Waals surface area contributed by atoms with E-state index < -0.39 is 0 Å². The van der Waals surface area contributed by atoms with Crippen molar-refractivity contribution in [2.75, 3.05) is 13.6 Å². The van der Waals surface area contributed by atoms with E-state index >= 15 is 0 Å². The minimum Gasteiger partial charge on any atom is -0.298 e. The highest BCUT2D eigenvalue weighted by Crippen LogP contribution is 2.15. The molecule has 1 atom stereocenters. The minimum atomic E-state index is -0.356. The van der Waals surface area contributed by atoms with Gasteiger partial charge in [-0.2, -0.15) is 0 Å². The summed E-state index contributed by atoms with van der Waals surface area (Å²) in [6.07, 6.45) is 6.75. The number of nitrogens with zero attached hydrogens (tertiary/aromatic N) is 1. The molecule has 0 aliphatic carbocycles. The van der Waals surface area contributed by atoms with Gasteiger partial charge in [0.2, 0.25) is 11.8 Å². The highest BCUT2D eigenvalue weighted by atomic mass is 16.2. The van der Waals surface area contributed by atoms with Crippen LogP contribution in [0.3, 0.4) is 0 Å². The minimum absolute atomic E-state index is 0.233. The zero-order valence-corrected chi connectivity index (χ0v) is 11.9. The predicted molar refractivity (Wildman–Crippen MR) is 76.9 cm³/mol. The van der Waals surface area contributed by atoms with Gasteiger partial charge in [0.05, 0.1) is 6.04 Å². The van der Waals surface area contributed by atoms with E-state index in [9.17, 15) is 14.4 Å². The summed E-state index contributed by atoms with van der Waals surface area (Å²) in [4.78, 5) is 35.8. The molecule has 0 spiro atoms. The molecule has 1 rings (SSSR count). The van der Waals surface area contributed by atoms with Crippen molar-refractivity contribution in [1.82, 2.24) is 10.2 Å². The zero-order chi connectivity index (χ0) is 15.1. The SMILES string of the molecule is C=C/C(C=O)=C(\C=C/C)CN(C)C1CCC(=O)NC1=O. The number of likely N-dealkylation sites (N-methyl/N-ethyl adjacent to an activating group) is 1. The Morgan fingerprint density at radius 1 is 1.50 bits per heavy atom. The van der Waals surface area contributed by atoms with E-state index in [1.165, 1.54) is 6.08 Å². The molecule has 1 aliphatic rings. The number of aldehydes is 1. The van der Waals surface area contributed by atoms with E-state index in [1.807, 2.05) is 24.0 Å². The molecule has 0 saturated carbocycles. The molecule has 1 N–H and O–H groups in total. The number of hydrogen-bond acceptors (Lipinski definition) is 4. The number of nitrogens with one attached hydrogen (secondary N) is 1. The van der Waals surface area contributed by atoms with E-state index in [2.05, 4.69) is 11.9 Å². The van der Waals surface area contributed by atoms with Crippen LogP contribution in [0.15, 0.2) is 36.0 Å². The molecule has 108 valence electrons. The maximum Gasteiger partial charge on any atom is 0.243 e. The van der Waals surface area contributed by atoms with Gasteiger partial charge in [0, 0.05) is 18.5 Å².